The Labute approximate surface area is 113 Å². The van der Waals surface area contributed by atoms with Gasteiger partial charge in [-0.3, -0.25) is 4.90 Å². The van der Waals surface area contributed by atoms with Crippen LogP contribution in [0, 0.1) is 17.8 Å². The lowest BCUT2D eigenvalue weighted by Gasteiger charge is -2.33. The molecule has 1 atom stereocenters. The summed E-state index contributed by atoms with van der Waals surface area (Å²) in [4.78, 5) is 2.73. The third-order valence-electron chi connectivity index (χ3n) is 5.20. The third kappa shape index (κ3) is 3.08. The molecule has 0 radical (unpaired) electrons. The maximum atomic E-state index is 3.96. The van der Waals surface area contributed by atoms with Crippen LogP contribution in [0.2, 0.25) is 0 Å². The highest BCUT2D eigenvalue weighted by atomic mass is 15.2. The van der Waals surface area contributed by atoms with Crippen LogP contribution in [0.1, 0.15) is 52.4 Å². The highest BCUT2D eigenvalue weighted by Crippen LogP contribution is 2.44. The first kappa shape index (κ1) is 12.9. The second-order valence-electron chi connectivity index (χ2n) is 7.16. The van der Waals surface area contributed by atoms with E-state index in [1.165, 1.54) is 58.2 Å². The van der Waals surface area contributed by atoms with E-state index < -0.39 is 0 Å². The van der Waals surface area contributed by atoms with E-state index in [9.17, 15) is 0 Å². The molecule has 3 fully saturated rings. The fourth-order valence-electron chi connectivity index (χ4n) is 3.75. The van der Waals surface area contributed by atoms with Crippen molar-refractivity contribution in [2.24, 2.45) is 17.8 Å². The number of likely N-dealkylation sites (tertiary alicyclic amines) is 1. The Balaban J connectivity index is 1.51. The SMILES string of the molecule is CC(C)C(CNC(C1CC1)C1CC1)N1CCCC1. The number of rotatable bonds is 7. The quantitative estimate of drug-likeness (QED) is 0.747. The van der Waals surface area contributed by atoms with E-state index in [4.69, 9.17) is 0 Å². The molecule has 0 aromatic heterocycles. The molecular formula is C16H30N2. The Hall–Kier alpha value is -0.0800. The van der Waals surface area contributed by atoms with Gasteiger partial charge in [-0.05, 0) is 69.4 Å². The van der Waals surface area contributed by atoms with Crippen molar-refractivity contribution in [3.8, 4) is 0 Å². The summed E-state index contributed by atoms with van der Waals surface area (Å²) in [5.41, 5.74) is 0. The highest BCUT2D eigenvalue weighted by molar-refractivity contribution is 4.97. The van der Waals surface area contributed by atoms with Gasteiger partial charge in [-0.15, -0.1) is 0 Å². The molecule has 1 saturated heterocycles. The molecule has 2 saturated carbocycles. The molecule has 104 valence electrons. The molecule has 0 aromatic rings. The van der Waals surface area contributed by atoms with Crippen molar-refractivity contribution < 1.29 is 0 Å². The lowest BCUT2D eigenvalue weighted by molar-refractivity contribution is 0.178. The Bertz CT molecular complexity index is 250. The van der Waals surface area contributed by atoms with Gasteiger partial charge in [0.25, 0.3) is 0 Å². The van der Waals surface area contributed by atoms with Crippen LogP contribution in [0.15, 0.2) is 0 Å². The summed E-state index contributed by atoms with van der Waals surface area (Å²) >= 11 is 0. The predicted molar refractivity (Wildman–Crippen MR) is 76.7 cm³/mol. The first-order valence-electron chi connectivity index (χ1n) is 8.23. The van der Waals surface area contributed by atoms with Gasteiger partial charge in [0, 0.05) is 18.6 Å². The van der Waals surface area contributed by atoms with Gasteiger partial charge in [0.1, 0.15) is 0 Å². The van der Waals surface area contributed by atoms with Crippen LogP contribution in [0.5, 0.6) is 0 Å². The molecule has 2 nitrogen and oxygen atoms in total. The Morgan fingerprint density at radius 2 is 1.56 bits per heavy atom. The molecule has 3 aliphatic rings. The first-order valence-corrected chi connectivity index (χ1v) is 8.23. The molecule has 2 aliphatic carbocycles. The fourth-order valence-corrected chi connectivity index (χ4v) is 3.75. The van der Waals surface area contributed by atoms with Gasteiger partial charge in [0.05, 0.1) is 0 Å². The van der Waals surface area contributed by atoms with E-state index in [1.54, 1.807) is 0 Å². The van der Waals surface area contributed by atoms with Crippen LogP contribution < -0.4 is 5.32 Å². The summed E-state index contributed by atoms with van der Waals surface area (Å²) in [7, 11) is 0. The van der Waals surface area contributed by atoms with Crippen LogP contribution in [-0.2, 0) is 0 Å². The van der Waals surface area contributed by atoms with Crippen molar-refractivity contribution in [3.63, 3.8) is 0 Å². The second-order valence-corrected chi connectivity index (χ2v) is 7.16. The number of nitrogens with zero attached hydrogens (tertiary/aromatic N) is 1. The van der Waals surface area contributed by atoms with Crippen molar-refractivity contribution in [3.05, 3.63) is 0 Å². The number of hydrogen-bond acceptors (Lipinski definition) is 2. The zero-order valence-electron chi connectivity index (χ0n) is 12.2. The summed E-state index contributed by atoms with van der Waals surface area (Å²) in [6.07, 6.45) is 8.79. The largest absolute Gasteiger partial charge is 0.312 e. The Morgan fingerprint density at radius 3 is 2.00 bits per heavy atom. The van der Waals surface area contributed by atoms with Gasteiger partial charge in [0.15, 0.2) is 0 Å². The summed E-state index contributed by atoms with van der Waals surface area (Å²) in [6.45, 7) is 8.70. The molecule has 1 N–H and O–H groups in total. The summed E-state index contributed by atoms with van der Waals surface area (Å²) in [5, 5.41) is 3.96. The normalized spacial score (nSPS) is 27.3. The van der Waals surface area contributed by atoms with E-state index in [1.807, 2.05) is 0 Å². The van der Waals surface area contributed by atoms with Crippen LogP contribution >= 0.6 is 0 Å². The topological polar surface area (TPSA) is 15.3 Å². The lowest BCUT2D eigenvalue weighted by Crippen LogP contribution is -2.47. The van der Waals surface area contributed by atoms with E-state index in [-0.39, 0.29) is 0 Å². The van der Waals surface area contributed by atoms with Crippen molar-refractivity contribution >= 4 is 0 Å². The van der Waals surface area contributed by atoms with Crippen molar-refractivity contribution in [1.82, 2.24) is 10.2 Å². The van der Waals surface area contributed by atoms with E-state index in [0.717, 1.165) is 29.8 Å². The molecule has 18 heavy (non-hydrogen) atoms. The molecule has 2 heteroatoms. The zero-order valence-corrected chi connectivity index (χ0v) is 12.2. The molecule has 0 aromatic carbocycles. The van der Waals surface area contributed by atoms with Crippen LogP contribution in [0.3, 0.4) is 0 Å². The zero-order chi connectivity index (χ0) is 12.5. The number of hydrogen-bond donors (Lipinski definition) is 1. The minimum absolute atomic E-state index is 0.771. The molecule has 0 spiro atoms. The van der Waals surface area contributed by atoms with Gasteiger partial charge in [-0.25, -0.2) is 0 Å². The highest BCUT2D eigenvalue weighted by Gasteiger charge is 2.41. The van der Waals surface area contributed by atoms with Crippen LogP contribution in [0.25, 0.3) is 0 Å². The molecule has 0 bridgehead atoms. The van der Waals surface area contributed by atoms with E-state index >= 15 is 0 Å². The fraction of sp³-hybridized carbons (Fsp3) is 1.00. The standard InChI is InChI=1S/C16H30N2/c1-12(2)15(18-9-3-4-10-18)11-17-16(13-5-6-13)14-7-8-14/h12-17H,3-11H2,1-2H3. The van der Waals surface area contributed by atoms with Crippen molar-refractivity contribution in [2.45, 2.75) is 64.5 Å². The molecule has 1 aliphatic heterocycles. The van der Waals surface area contributed by atoms with Gasteiger partial charge in [-0.2, -0.15) is 0 Å². The van der Waals surface area contributed by atoms with Crippen LogP contribution in [0.4, 0.5) is 0 Å². The van der Waals surface area contributed by atoms with Crippen molar-refractivity contribution in [1.29, 1.82) is 0 Å². The number of nitrogens with one attached hydrogen (secondary N) is 1. The summed E-state index contributed by atoms with van der Waals surface area (Å²) < 4.78 is 0. The monoisotopic (exact) mass is 250 g/mol. The Kier molecular flexibility index (Phi) is 3.95. The smallest absolute Gasteiger partial charge is 0.0243 e. The minimum Gasteiger partial charge on any atom is -0.312 e. The summed E-state index contributed by atoms with van der Waals surface area (Å²) in [5.74, 6) is 2.85. The summed E-state index contributed by atoms with van der Waals surface area (Å²) in [6, 6.07) is 1.64. The van der Waals surface area contributed by atoms with Gasteiger partial charge < -0.3 is 5.32 Å². The first-order chi connectivity index (χ1) is 8.75. The minimum atomic E-state index is 0.771. The average molecular weight is 250 g/mol. The van der Waals surface area contributed by atoms with Crippen molar-refractivity contribution in [2.75, 3.05) is 19.6 Å². The van der Waals surface area contributed by atoms with Gasteiger partial charge >= 0.3 is 0 Å². The predicted octanol–water partition coefficient (Wildman–Crippen LogP) is 2.89. The van der Waals surface area contributed by atoms with E-state index in [0.29, 0.717) is 0 Å². The van der Waals surface area contributed by atoms with E-state index in [2.05, 4.69) is 24.1 Å². The molecule has 1 unspecified atom stereocenters. The van der Waals surface area contributed by atoms with Crippen LogP contribution in [-0.4, -0.2) is 36.6 Å². The Morgan fingerprint density at radius 1 is 1.00 bits per heavy atom. The molecule has 3 rings (SSSR count). The second kappa shape index (κ2) is 5.50. The maximum absolute atomic E-state index is 3.96. The lowest BCUT2D eigenvalue weighted by atomic mass is 10.0. The maximum Gasteiger partial charge on any atom is 0.0243 e. The third-order valence-corrected chi connectivity index (χ3v) is 5.20. The molecular weight excluding hydrogens is 220 g/mol. The molecule has 0 amide bonds. The van der Waals surface area contributed by atoms with Gasteiger partial charge in [0.2, 0.25) is 0 Å². The van der Waals surface area contributed by atoms with Gasteiger partial charge in [-0.1, -0.05) is 13.8 Å². The molecule has 1 heterocycles. The average Bonchev–Trinajstić information content (AvgIpc) is 3.26.